The molecule has 0 aliphatic heterocycles. The third kappa shape index (κ3) is 0.842. The van der Waals surface area contributed by atoms with Crippen molar-refractivity contribution in [3.63, 3.8) is 0 Å². The van der Waals surface area contributed by atoms with Crippen LogP contribution in [-0.2, 0) is 4.79 Å². The summed E-state index contributed by atoms with van der Waals surface area (Å²) < 4.78 is 0. The highest BCUT2D eigenvalue weighted by Crippen LogP contribution is 2.67. The van der Waals surface area contributed by atoms with Gasteiger partial charge in [0.25, 0.3) is 0 Å². The van der Waals surface area contributed by atoms with Crippen LogP contribution in [0.5, 0.6) is 0 Å². The molecule has 80 valence electrons. The van der Waals surface area contributed by atoms with Gasteiger partial charge in [0, 0.05) is 11.5 Å². The molecule has 2 aliphatic carbocycles. The van der Waals surface area contributed by atoms with E-state index in [9.17, 15) is 9.90 Å². The molecule has 2 rings (SSSR count). The Bertz CT molecular complexity index is 287. The van der Waals surface area contributed by atoms with Gasteiger partial charge in [-0.3, -0.25) is 4.79 Å². The zero-order valence-corrected chi connectivity index (χ0v) is 9.08. The summed E-state index contributed by atoms with van der Waals surface area (Å²) in [6, 6.07) is 0.0531. The lowest BCUT2D eigenvalue weighted by Crippen LogP contribution is -2.48. The number of carboxylic acids is 1. The molecule has 0 aromatic heterocycles. The first-order valence-electron chi connectivity index (χ1n) is 5.30. The van der Waals surface area contributed by atoms with E-state index in [1.165, 1.54) is 0 Å². The number of nitrogens with two attached hydrogens (primary N) is 1. The number of hydrogen-bond donors (Lipinski definition) is 2. The highest BCUT2D eigenvalue weighted by molar-refractivity contribution is 5.72. The van der Waals surface area contributed by atoms with Crippen LogP contribution in [0.25, 0.3) is 0 Å². The van der Waals surface area contributed by atoms with Crippen LogP contribution in [0.3, 0.4) is 0 Å². The minimum atomic E-state index is -0.668. The summed E-state index contributed by atoms with van der Waals surface area (Å²) in [6.07, 6.45) is 1.81. The van der Waals surface area contributed by atoms with Crippen molar-refractivity contribution in [3.8, 4) is 0 Å². The van der Waals surface area contributed by atoms with E-state index in [4.69, 9.17) is 5.73 Å². The van der Waals surface area contributed by atoms with Gasteiger partial charge in [-0.2, -0.15) is 0 Å². The van der Waals surface area contributed by atoms with E-state index >= 15 is 0 Å². The molecule has 0 spiro atoms. The standard InChI is InChI=1S/C11H19NO2/c1-10(2)6-4-7(9(13)14)11(10,3)8(12)5-6/h6-8H,4-5,12H2,1-3H3,(H,13,14). The largest absolute Gasteiger partial charge is 0.481 e. The Kier molecular flexibility index (Phi) is 1.79. The maximum atomic E-state index is 11.2. The van der Waals surface area contributed by atoms with E-state index < -0.39 is 5.97 Å². The predicted molar refractivity (Wildman–Crippen MR) is 53.7 cm³/mol. The molecule has 0 radical (unpaired) electrons. The van der Waals surface area contributed by atoms with E-state index in [-0.39, 0.29) is 22.8 Å². The summed E-state index contributed by atoms with van der Waals surface area (Å²) in [7, 11) is 0. The van der Waals surface area contributed by atoms with Crippen LogP contribution in [0, 0.1) is 22.7 Å². The molecule has 2 aliphatic rings. The molecular weight excluding hydrogens is 178 g/mol. The number of fused-ring (bicyclic) bond motifs is 2. The molecule has 0 amide bonds. The van der Waals surface area contributed by atoms with Gasteiger partial charge in [-0.05, 0) is 24.2 Å². The summed E-state index contributed by atoms with van der Waals surface area (Å²) in [5.41, 5.74) is 5.95. The second kappa shape index (κ2) is 2.51. The highest BCUT2D eigenvalue weighted by atomic mass is 16.4. The minimum Gasteiger partial charge on any atom is -0.481 e. The molecule has 2 saturated carbocycles. The molecule has 3 heteroatoms. The Hall–Kier alpha value is -0.570. The van der Waals surface area contributed by atoms with Crippen LogP contribution in [0.15, 0.2) is 0 Å². The topological polar surface area (TPSA) is 63.3 Å². The molecule has 0 aromatic carbocycles. The van der Waals surface area contributed by atoms with Crippen LogP contribution in [0.1, 0.15) is 33.6 Å². The number of carboxylic acid groups (broad SMARTS) is 1. The van der Waals surface area contributed by atoms with Gasteiger partial charge < -0.3 is 10.8 Å². The molecule has 0 aromatic rings. The van der Waals surface area contributed by atoms with Gasteiger partial charge in [-0.1, -0.05) is 20.8 Å². The van der Waals surface area contributed by atoms with E-state index in [1.807, 2.05) is 0 Å². The van der Waals surface area contributed by atoms with Crippen molar-refractivity contribution in [1.29, 1.82) is 0 Å². The second-order valence-corrected chi connectivity index (χ2v) is 5.67. The first-order valence-corrected chi connectivity index (χ1v) is 5.30. The minimum absolute atomic E-state index is 0.0531. The number of aliphatic carboxylic acids is 1. The van der Waals surface area contributed by atoms with Crippen molar-refractivity contribution in [1.82, 2.24) is 0 Å². The smallest absolute Gasteiger partial charge is 0.307 e. The van der Waals surface area contributed by atoms with Crippen LogP contribution in [-0.4, -0.2) is 17.1 Å². The van der Waals surface area contributed by atoms with Crippen LogP contribution in [0.2, 0.25) is 0 Å². The SMILES string of the molecule is CC1(C)C2CC(N)C1(C)C(C(=O)O)C2. The molecule has 3 nitrogen and oxygen atoms in total. The average Bonchev–Trinajstić information content (AvgIpc) is 2.34. The molecule has 14 heavy (non-hydrogen) atoms. The lowest BCUT2D eigenvalue weighted by molar-refractivity contribution is -0.147. The second-order valence-electron chi connectivity index (χ2n) is 5.67. The van der Waals surface area contributed by atoms with Crippen molar-refractivity contribution in [2.45, 2.75) is 39.7 Å². The van der Waals surface area contributed by atoms with Crippen LogP contribution < -0.4 is 5.73 Å². The van der Waals surface area contributed by atoms with E-state index in [2.05, 4.69) is 20.8 Å². The van der Waals surface area contributed by atoms with Crippen molar-refractivity contribution >= 4 is 5.97 Å². The van der Waals surface area contributed by atoms with Gasteiger partial charge in [0.2, 0.25) is 0 Å². The van der Waals surface area contributed by atoms with Crippen LogP contribution in [0.4, 0.5) is 0 Å². The normalized spacial score (nSPS) is 49.6. The fourth-order valence-corrected chi connectivity index (χ4v) is 3.75. The first-order chi connectivity index (χ1) is 6.31. The van der Waals surface area contributed by atoms with Gasteiger partial charge in [0.05, 0.1) is 5.92 Å². The quantitative estimate of drug-likeness (QED) is 0.669. The van der Waals surface area contributed by atoms with E-state index in [0.717, 1.165) is 12.8 Å². The van der Waals surface area contributed by atoms with Gasteiger partial charge in [-0.25, -0.2) is 0 Å². The summed E-state index contributed by atoms with van der Waals surface area (Å²) >= 11 is 0. The van der Waals surface area contributed by atoms with E-state index in [0.29, 0.717) is 5.92 Å². The molecule has 2 bridgehead atoms. The lowest BCUT2D eigenvalue weighted by Gasteiger charge is -2.40. The van der Waals surface area contributed by atoms with Gasteiger partial charge in [0.1, 0.15) is 0 Å². The Balaban J connectivity index is 2.44. The zero-order valence-electron chi connectivity index (χ0n) is 9.08. The Morgan fingerprint density at radius 2 is 1.93 bits per heavy atom. The molecule has 4 unspecified atom stereocenters. The first kappa shape index (κ1) is 9.97. The Labute approximate surface area is 84.7 Å². The zero-order chi connectivity index (χ0) is 10.7. The monoisotopic (exact) mass is 197 g/mol. The maximum absolute atomic E-state index is 11.2. The van der Waals surface area contributed by atoms with Crippen molar-refractivity contribution < 1.29 is 9.90 Å². The highest BCUT2D eigenvalue weighted by Gasteiger charge is 2.67. The summed E-state index contributed by atoms with van der Waals surface area (Å²) in [6.45, 7) is 6.41. The fraction of sp³-hybridized carbons (Fsp3) is 0.909. The Morgan fingerprint density at radius 3 is 2.21 bits per heavy atom. The molecular formula is C11H19NO2. The third-order valence-electron chi connectivity index (χ3n) is 5.26. The molecule has 0 saturated heterocycles. The third-order valence-corrected chi connectivity index (χ3v) is 5.26. The number of rotatable bonds is 1. The van der Waals surface area contributed by atoms with Gasteiger partial charge in [-0.15, -0.1) is 0 Å². The molecule has 2 fully saturated rings. The average molecular weight is 197 g/mol. The maximum Gasteiger partial charge on any atom is 0.307 e. The summed E-state index contributed by atoms with van der Waals surface area (Å²) in [5, 5.41) is 9.19. The number of carbonyl (C=O) groups is 1. The lowest BCUT2D eigenvalue weighted by atomic mass is 9.65. The van der Waals surface area contributed by atoms with Gasteiger partial charge >= 0.3 is 5.97 Å². The summed E-state index contributed by atoms with van der Waals surface area (Å²) in [5.74, 6) is -0.423. The Morgan fingerprint density at radius 1 is 1.36 bits per heavy atom. The summed E-state index contributed by atoms with van der Waals surface area (Å²) in [4.78, 5) is 11.2. The molecule has 3 N–H and O–H groups in total. The molecule has 4 atom stereocenters. The van der Waals surface area contributed by atoms with Crippen molar-refractivity contribution in [2.75, 3.05) is 0 Å². The van der Waals surface area contributed by atoms with Crippen molar-refractivity contribution in [2.24, 2.45) is 28.4 Å². The van der Waals surface area contributed by atoms with Crippen molar-refractivity contribution in [3.05, 3.63) is 0 Å². The number of hydrogen-bond acceptors (Lipinski definition) is 2. The fourth-order valence-electron chi connectivity index (χ4n) is 3.75. The van der Waals surface area contributed by atoms with Gasteiger partial charge in [0.15, 0.2) is 0 Å². The molecule has 0 heterocycles. The predicted octanol–water partition coefficient (Wildman–Crippen LogP) is 1.47. The van der Waals surface area contributed by atoms with Crippen LogP contribution >= 0.6 is 0 Å². The van der Waals surface area contributed by atoms with E-state index in [1.54, 1.807) is 0 Å².